The van der Waals surface area contributed by atoms with E-state index in [-0.39, 0.29) is 24.3 Å². The van der Waals surface area contributed by atoms with E-state index in [4.69, 9.17) is 0 Å². The maximum absolute atomic E-state index is 4.00. The van der Waals surface area contributed by atoms with Gasteiger partial charge in [-0.3, -0.25) is 10.2 Å². The van der Waals surface area contributed by atoms with Gasteiger partial charge in [0.25, 0.3) is 0 Å². The molecular weight excluding hydrogens is 376 g/mol. The maximum atomic E-state index is 4.00. The highest BCUT2D eigenvalue weighted by Gasteiger charge is 2.45. The normalized spacial score (nSPS) is 22.3. The van der Waals surface area contributed by atoms with Crippen LogP contribution in [-0.2, 0) is 0 Å². The fourth-order valence-corrected chi connectivity index (χ4v) is 4.91. The minimum absolute atomic E-state index is 0.117. The fraction of sp³-hybridized carbons (Fsp3) is 0.172. The number of rotatable bonds is 5. The Morgan fingerprint density at radius 2 is 1.03 bits per heavy atom. The van der Waals surface area contributed by atoms with Crippen molar-refractivity contribution in [2.45, 2.75) is 31.2 Å². The first kappa shape index (κ1) is 19.7. The molecule has 1 aliphatic rings. The summed E-state index contributed by atoms with van der Waals surface area (Å²) in [6.45, 7) is 2.33. The molecule has 0 radical (unpaired) electrons. The Labute approximate surface area is 185 Å². The molecule has 0 saturated carbocycles. The van der Waals surface area contributed by atoms with Crippen LogP contribution in [0.1, 0.15) is 53.5 Å². The number of hydrogen-bond donors (Lipinski definition) is 1. The SMILES string of the molecule is CC(c1ccccc1)N1C(c2ccccc2)NC(c2ccccc2)C1c1ccccc1. The Balaban J connectivity index is 1.66. The smallest absolute Gasteiger partial charge is 0.0876 e. The zero-order valence-electron chi connectivity index (χ0n) is 17.8. The van der Waals surface area contributed by atoms with Gasteiger partial charge in [-0.1, -0.05) is 121 Å². The molecule has 1 N–H and O–H groups in total. The first-order valence-corrected chi connectivity index (χ1v) is 11.1. The fourth-order valence-electron chi connectivity index (χ4n) is 4.91. The van der Waals surface area contributed by atoms with Gasteiger partial charge in [-0.05, 0) is 29.2 Å². The Hall–Kier alpha value is -3.20. The van der Waals surface area contributed by atoms with Crippen molar-refractivity contribution in [1.29, 1.82) is 0 Å². The summed E-state index contributed by atoms with van der Waals surface area (Å²) in [4.78, 5) is 2.65. The van der Waals surface area contributed by atoms with Crippen LogP contribution in [0.5, 0.6) is 0 Å². The van der Waals surface area contributed by atoms with Crippen LogP contribution in [0.25, 0.3) is 0 Å². The van der Waals surface area contributed by atoms with E-state index >= 15 is 0 Å². The lowest BCUT2D eigenvalue weighted by molar-refractivity contribution is 0.130. The molecule has 4 aromatic rings. The molecule has 1 fully saturated rings. The molecule has 5 rings (SSSR count). The Morgan fingerprint density at radius 1 is 0.581 bits per heavy atom. The van der Waals surface area contributed by atoms with Gasteiger partial charge < -0.3 is 0 Å². The highest BCUT2D eigenvalue weighted by molar-refractivity contribution is 5.34. The van der Waals surface area contributed by atoms with Crippen molar-refractivity contribution in [2.75, 3.05) is 0 Å². The Morgan fingerprint density at radius 3 is 1.58 bits per heavy atom. The molecule has 4 atom stereocenters. The molecule has 0 spiro atoms. The van der Waals surface area contributed by atoms with E-state index in [1.54, 1.807) is 0 Å². The average Bonchev–Trinajstić information content (AvgIpc) is 3.26. The van der Waals surface area contributed by atoms with E-state index in [0.29, 0.717) is 0 Å². The van der Waals surface area contributed by atoms with Gasteiger partial charge in [-0.15, -0.1) is 0 Å². The van der Waals surface area contributed by atoms with Crippen molar-refractivity contribution < 1.29 is 0 Å². The predicted molar refractivity (Wildman–Crippen MR) is 127 cm³/mol. The van der Waals surface area contributed by atoms with Crippen LogP contribution in [0.4, 0.5) is 0 Å². The molecular formula is C29H28N2. The van der Waals surface area contributed by atoms with Gasteiger partial charge in [0, 0.05) is 6.04 Å². The topological polar surface area (TPSA) is 15.3 Å². The zero-order valence-corrected chi connectivity index (χ0v) is 17.8. The Bertz CT molecular complexity index is 1080. The zero-order chi connectivity index (χ0) is 21.0. The molecule has 0 amide bonds. The van der Waals surface area contributed by atoms with Gasteiger partial charge >= 0.3 is 0 Å². The summed E-state index contributed by atoms with van der Waals surface area (Å²) in [7, 11) is 0. The minimum Gasteiger partial charge on any atom is -0.289 e. The van der Waals surface area contributed by atoms with Crippen LogP contribution in [-0.4, -0.2) is 4.90 Å². The molecule has 154 valence electrons. The molecule has 1 aliphatic heterocycles. The van der Waals surface area contributed by atoms with Crippen LogP contribution >= 0.6 is 0 Å². The number of hydrogen-bond acceptors (Lipinski definition) is 2. The van der Waals surface area contributed by atoms with E-state index in [9.17, 15) is 0 Å². The largest absolute Gasteiger partial charge is 0.289 e. The van der Waals surface area contributed by atoms with Crippen LogP contribution in [0, 0.1) is 0 Å². The lowest BCUT2D eigenvalue weighted by Crippen LogP contribution is -2.32. The highest BCUT2D eigenvalue weighted by Crippen LogP contribution is 2.49. The van der Waals surface area contributed by atoms with Crippen LogP contribution in [0.3, 0.4) is 0 Å². The summed E-state index contributed by atoms with van der Waals surface area (Å²) in [5.74, 6) is 0. The van der Waals surface area contributed by atoms with Gasteiger partial charge in [-0.25, -0.2) is 0 Å². The molecule has 1 saturated heterocycles. The third-order valence-electron chi connectivity index (χ3n) is 6.42. The molecule has 2 heteroatoms. The van der Waals surface area contributed by atoms with Crippen LogP contribution in [0.2, 0.25) is 0 Å². The van der Waals surface area contributed by atoms with Crippen molar-refractivity contribution in [2.24, 2.45) is 0 Å². The molecule has 1 heterocycles. The predicted octanol–water partition coefficient (Wildman–Crippen LogP) is 6.83. The standard InChI is InChI=1S/C29H28N2/c1-22(23-14-6-2-7-15-23)31-28(25-18-10-4-11-19-25)27(24-16-8-3-9-17-24)30-29(31)26-20-12-5-13-21-26/h2-22,27-30H,1H3. The summed E-state index contributed by atoms with van der Waals surface area (Å²) in [6, 6.07) is 44.1. The second kappa shape index (κ2) is 8.89. The summed E-state index contributed by atoms with van der Waals surface area (Å²) in [5, 5.41) is 4.00. The molecule has 2 nitrogen and oxygen atoms in total. The van der Waals surface area contributed by atoms with Crippen molar-refractivity contribution >= 4 is 0 Å². The highest BCUT2D eigenvalue weighted by atomic mass is 15.4. The van der Waals surface area contributed by atoms with Crippen molar-refractivity contribution in [1.82, 2.24) is 10.2 Å². The van der Waals surface area contributed by atoms with Gasteiger partial charge in [-0.2, -0.15) is 0 Å². The van der Waals surface area contributed by atoms with Crippen LogP contribution in [0.15, 0.2) is 121 Å². The van der Waals surface area contributed by atoms with E-state index < -0.39 is 0 Å². The molecule has 0 bridgehead atoms. The van der Waals surface area contributed by atoms with Crippen molar-refractivity contribution in [3.63, 3.8) is 0 Å². The third kappa shape index (κ3) is 3.93. The molecule has 0 aromatic heterocycles. The minimum atomic E-state index is 0.117. The maximum Gasteiger partial charge on any atom is 0.0876 e. The monoisotopic (exact) mass is 404 g/mol. The average molecular weight is 405 g/mol. The summed E-state index contributed by atoms with van der Waals surface area (Å²) in [5.41, 5.74) is 5.29. The molecule has 0 aliphatic carbocycles. The van der Waals surface area contributed by atoms with Gasteiger partial charge in [0.05, 0.1) is 18.2 Å². The quantitative estimate of drug-likeness (QED) is 0.392. The van der Waals surface area contributed by atoms with Crippen molar-refractivity contribution in [3.8, 4) is 0 Å². The third-order valence-corrected chi connectivity index (χ3v) is 6.42. The second-order valence-electron chi connectivity index (χ2n) is 8.26. The van der Waals surface area contributed by atoms with Crippen LogP contribution < -0.4 is 5.32 Å². The van der Waals surface area contributed by atoms with E-state index in [2.05, 4.69) is 138 Å². The number of benzene rings is 4. The van der Waals surface area contributed by atoms with E-state index in [0.717, 1.165) is 0 Å². The van der Waals surface area contributed by atoms with E-state index in [1.165, 1.54) is 22.3 Å². The Kier molecular flexibility index (Phi) is 5.66. The number of nitrogens with one attached hydrogen (secondary N) is 1. The van der Waals surface area contributed by atoms with E-state index in [1.807, 2.05) is 0 Å². The first-order chi connectivity index (χ1) is 15.3. The van der Waals surface area contributed by atoms with Gasteiger partial charge in [0.1, 0.15) is 0 Å². The van der Waals surface area contributed by atoms with Gasteiger partial charge in [0.15, 0.2) is 0 Å². The molecule has 31 heavy (non-hydrogen) atoms. The summed E-state index contributed by atoms with van der Waals surface area (Å²) < 4.78 is 0. The second-order valence-corrected chi connectivity index (χ2v) is 8.26. The van der Waals surface area contributed by atoms with Crippen molar-refractivity contribution in [3.05, 3.63) is 144 Å². The van der Waals surface area contributed by atoms with Gasteiger partial charge in [0.2, 0.25) is 0 Å². The number of nitrogens with zero attached hydrogens (tertiary/aromatic N) is 1. The lowest BCUT2D eigenvalue weighted by Gasteiger charge is -2.36. The molecule has 4 unspecified atom stereocenters. The lowest BCUT2D eigenvalue weighted by atomic mass is 9.92. The summed E-state index contributed by atoms with van der Waals surface area (Å²) in [6.07, 6.45) is 0.117. The molecule has 4 aromatic carbocycles. The first-order valence-electron chi connectivity index (χ1n) is 11.1. The summed E-state index contributed by atoms with van der Waals surface area (Å²) >= 11 is 0.